The van der Waals surface area contributed by atoms with E-state index in [-0.39, 0.29) is 0 Å². The van der Waals surface area contributed by atoms with Gasteiger partial charge in [-0.1, -0.05) is 23.9 Å². The Morgan fingerprint density at radius 1 is 1.29 bits per heavy atom. The molecule has 0 fully saturated rings. The Kier molecular flexibility index (Phi) is 4.96. The van der Waals surface area contributed by atoms with E-state index in [0.717, 1.165) is 16.8 Å². The molecule has 0 aliphatic heterocycles. The lowest BCUT2D eigenvalue weighted by molar-refractivity contribution is 0.0706. The van der Waals surface area contributed by atoms with Crippen LogP contribution in [0.4, 0.5) is 11.6 Å². The van der Waals surface area contributed by atoms with Crippen molar-refractivity contribution in [2.24, 2.45) is 0 Å². The number of thioether (sulfide) groups is 1. The smallest absolute Gasteiger partial charge is 0.274 e. The van der Waals surface area contributed by atoms with Crippen molar-refractivity contribution in [3.8, 4) is 0 Å². The molecule has 0 saturated carbocycles. The predicted molar refractivity (Wildman–Crippen MR) is 105 cm³/mol. The molecule has 4 rings (SSSR count). The molecule has 4 aromatic rings. The SMILES string of the molecule is Cc1cc(Nc2nc(SCc3ccc(C(=O)NO)cc3)nn3cccc23)n[nH]1. The molecule has 9 nitrogen and oxygen atoms in total. The molecule has 3 aromatic heterocycles. The number of carbonyl (C=O) groups excluding carboxylic acids is 1. The third-order valence-corrected chi connectivity index (χ3v) is 4.92. The van der Waals surface area contributed by atoms with Gasteiger partial charge in [0.05, 0.1) is 0 Å². The van der Waals surface area contributed by atoms with Gasteiger partial charge in [0.25, 0.3) is 5.91 Å². The van der Waals surface area contributed by atoms with Crippen molar-refractivity contribution in [1.82, 2.24) is 30.3 Å². The van der Waals surface area contributed by atoms with Gasteiger partial charge in [0, 0.05) is 29.3 Å². The van der Waals surface area contributed by atoms with E-state index in [1.165, 1.54) is 11.8 Å². The number of hydrogen-bond acceptors (Lipinski definition) is 7. The summed E-state index contributed by atoms with van der Waals surface area (Å²) in [6.45, 7) is 1.93. The minimum atomic E-state index is -0.537. The molecule has 0 radical (unpaired) electrons. The Bertz CT molecular complexity index is 1120. The molecular weight excluding hydrogens is 378 g/mol. The highest BCUT2D eigenvalue weighted by Crippen LogP contribution is 2.25. The van der Waals surface area contributed by atoms with Crippen molar-refractivity contribution in [3.05, 3.63) is 65.5 Å². The molecule has 0 aliphatic carbocycles. The van der Waals surface area contributed by atoms with Gasteiger partial charge in [-0.25, -0.2) is 15.0 Å². The van der Waals surface area contributed by atoms with Crippen molar-refractivity contribution in [2.45, 2.75) is 17.8 Å². The van der Waals surface area contributed by atoms with Crippen LogP contribution in [-0.4, -0.2) is 35.9 Å². The summed E-state index contributed by atoms with van der Waals surface area (Å²) in [5.41, 5.74) is 4.82. The number of nitrogens with zero attached hydrogens (tertiary/aromatic N) is 4. The fourth-order valence-corrected chi connectivity index (χ4v) is 3.43. The van der Waals surface area contributed by atoms with Crippen LogP contribution >= 0.6 is 11.8 Å². The fourth-order valence-electron chi connectivity index (χ4n) is 2.64. The molecule has 0 atom stereocenters. The van der Waals surface area contributed by atoms with Crippen LogP contribution in [0.3, 0.4) is 0 Å². The number of hydrogen-bond donors (Lipinski definition) is 4. The predicted octanol–water partition coefficient (Wildman–Crippen LogP) is 2.92. The molecule has 28 heavy (non-hydrogen) atoms. The lowest BCUT2D eigenvalue weighted by atomic mass is 10.1. The van der Waals surface area contributed by atoms with Crippen LogP contribution in [0.25, 0.3) is 5.52 Å². The summed E-state index contributed by atoms with van der Waals surface area (Å²) in [6, 6.07) is 12.7. The van der Waals surface area contributed by atoms with E-state index in [1.54, 1.807) is 22.1 Å². The Hall–Kier alpha value is -3.37. The van der Waals surface area contributed by atoms with Gasteiger partial charge >= 0.3 is 0 Å². The maximum Gasteiger partial charge on any atom is 0.274 e. The average Bonchev–Trinajstić information content (AvgIpc) is 3.35. The zero-order valence-corrected chi connectivity index (χ0v) is 15.7. The van der Waals surface area contributed by atoms with E-state index in [1.807, 2.05) is 43.5 Å². The Morgan fingerprint density at radius 2 is 2.11 bits per heavy atom. The molecule has 0 bridgehead atoms. The van der Waals surface area contributed by atoms with Crippen molar-refractivity contribution in [1.29, 1.82) is 0 Å². The second-order valence-electron chi connectivity index (χ2n) is 6.07. The van der Waals surface area contributed by atoms with Crippen molar-refractivity contribution in [2.75, 3.05) is 5.32 Å². The molecule has 1 amide bonds. The number of hydroxylamine groups is 1. The molecule has 142 valence electrons. The molecule has 0 saturated heterocycles. The van der Waals surface area contributed by atoms with Crippen LogP contribution in [-0.2, 0) is 5.75 Å². The van der Waals surface area contributed by atoms with Crippen molar-refractivity contribution >= 4 is 34.8 Å². The van der Waals surface area contributed by atoms with Gasteiger partial charge in [-0.15, -0.1) is 5.10 Å². The van der Waals surface area contributed by atoms with Gasteiger partial charge in [0.15, 0.2) is 11.6 Å². The second-order valence-corrected chi connectivity index (χ2v) is 7.01. The van der Waals surface area contributed by atoms with Crippen LogP contribution in [0.5, 0.6) is 0 Å². The number of aryl methyl sites for hydroxylation is 1. The number of carbonyl (C=O) groups is 1. The molecule has 10 heteroatoms. The number of aromatic nitrogens is 5. The first-order valence-electron chi connectivity index (χ1n) is 8.43. The molecule has 0 unspecified atom stereocenters. The van der Waals surface area contributed by atoms with Crippen LogP contribution < -0.4 is 10.8 Å². The Labute approximate surface area is 164 Å². The normalized spacial score (nSPS) is 10.9. The first-order chi connectivity index (χ1) is 13.6. The van der Waals surface area contributed by atoms with E-state index >= 15 is 0 Å². The lowest BCUT2D eigenvalue weighted by Crippen LogP contribution is -2.18. The maximum atomic E-state index is 11.4. The summed E-state index contributed by atoms with van der Waals surface area (Å²) in [7, 11) is 0. The maximum absolute atomic E-state index is 11.4. The fraction of sp³-hybridized carbons (Fsp3) is 0.111. The van der Waals surface area contributed by atoms with Crippen LogP contribution in [0.2, 0.25) is 0 Å². The van der Waals surface area contributed by atoms with Crippen molar-refractivity contribution in [3.63, 3.8) is 0 Å². The second kappa shape index (κ2) is 7.71. The minimum absolute atomic E-state index is 0.391. The summed E-state index contributed by atoms with van der Waals surface area (Å²) in [6.07, 6.45) is 1.87. The third kappa shape index (κ3) is 3.82. The zero-order valence-electron chi connectivity index (χ0n) is 14.9. The minimum Gasteiger partial charge on any atom is -0.322 e. The number of nitrogens with one attached hydrogen (secondary N) is 3. The first-order valence-corrected chi connectivity index (χ1v) is 9.41. The molecule has 0 aliphatic rings. The highest BCUT2D eigenvalue weighted by atomic mass is 32.2. The number of amides is 1. The standard InChI is InChI=1S/C18H17N7O2S/c1-11-9-15(22-21-11)19-16-14-3-2-8-25(14)23-18(20-16)28-10-12-4-6-13(7-5-12)17(26)24-27/h2-9,27H,10H2,1H3,(H,24,26)(H2,19,20,21,22,23). The van der Waals surface area contributed by atoms with Crippen LogP contribution in [0.1, 0.15) is 21.6 Å². The van der Waals surface area contributed by atoms with E-state index in [2.05, 4.69) is 25.6 Å². The topological polar surface area (TPSA) is 120 Å². The van der Waals surface area contributed by atoms with Crippen LogP contribution in [0, 0.1) is 6.92 Å². The third-order valence-electron chi connectivity index (χ3n) is 4.01. The zero-order chi connectivity index (χ0) is 19.5. The van der Waals surface area contributed by atoms with Crippen molar-refractivity contribution < 1.29 is 10.0 Å². The lowest BCUT2D eigenvalue weighted by Gasteiger charge is -2.08. The number of benzene rings is 1. The number of aromatic amines is 1. The van der Waals surface area contributed by atoms with E-state index in [4.69, 9.17) is 5.21 Å². The molecule has 3 heterocycles. The van der Waals surface area contributed by atoms with E-state index in [0.29, 0.717) is 28.1 Å². The monoisotopic (exact) mass is 395 g/mol. The quantitative estimate of drug-likeness (QED) is 0.225. The summed E-state index contributed by atoms with van der Waals surface area (Å²) < 4.78 is 1.77. The number of anilines is 2. The summed E-state index contributed by atoms with van der Waals surface area (Å²) in [5, 5.41) is 24.1. The van der Waals surface area contributed by atoms with Gasteiger partial charge in [0.1, 0.15) is 5.52 Å². The van der Waals surface area contributed by atoms with Gasteiger partial charge in [-0.3, -0.25) is 15.1 Å². The van der Waals surface area contributed by atoms with Gasteiger partial charge in [0.2, 0.25) is 5.16 Å². The van der Waals surface area contributed by atoms with Crippen LogP contribution in [0.15, 0.2) is 53.8 Å². The highest BCUT2D eigenvalue weighted by Gasteiger charge is 2.11. The highest BCUT2D eigenvalue weighted by molar-refractivity contribution is 7.98. The molecular formula is C18H17N7O2S. The summed E-state index contributed by atoms with van der Waals surface area (Å²) >= 11 is 1.48. The molecule has 4 N–H and O–H groups in total. The van der Waals surface area contributed by atoms with E-state index in [9.17, 15) is 4.79 Å². The summed E-state index contributed by atoms with van der Waals surface area (Å²) in [5.74, 6) is 1.45. The number of rotatable bonds is 6. The Morgan fingerprint density at radius 3 is 2.82 bits per heavy atom. The summed E-state index contributed by atoms with van der Waals surface area (Å²) in [4.78, 5) is 16.0. The Balaban J connectivity index is 1.53. The van der Waals surface area contributed by atoms with Gasteiger partial charge in [-0.05, 0) is 36.8 Å². The first kappa shape index (κ1) is 18.0. The van der Waals surface area contributed by atoms with Gasteiger partial charge in [-0.2, -0.15) is 5.10 Å². The average molecular weight is 395 g/mol. The largest absolute Gasteiger partial charge is 0.322 e. The van der Waals surface area contributed by atoms with Gasteiger partial charge < -0.3 is 5.32 Å². The molecule has 0 spiro atoms. The number of fused-ring (bicyclic) bond motifs is 1. The molecule has 1 aromatic carbocycles. The van der Waals surface area contributed by atoms with E-state index < -0.39 is 5.91 Å². The number of H-pyrrole nitrogens is 1.